The number of amides is 1. The van der Waals surface area contributed by atoms with E-state index in [0.717, 1.165) is 12.8 Å². The van der Waals surface area contributed by atoms with E-state index in [1.807, 2.05) is 0 Å². The maximum absolute atomic E-state index is 13.0. The highest BCUT2D eigenvalue weighted by molar-refractivity contribution is 7.89. The molecule has 142 valence electrons. The van der Waals surface area contributed by atoms with Gasteiger partial charge in [-0.3, -0.25) is 4.79 Å². The van der Waals surface area contributed by atoms with E-state index in [-0.39, 0.29) is 16.7 Å². The molecule has 1 amide bonds. The number of hydrogen-bond donors (Lipinski definition) is 0. The lowest BCUT2D eigenvalue weighted by Gasteiger charge is -2.34. The molecule has 1 aliphatic carbocycles. The molecule has 3 aliphatic rings. The summed E-state index contributed by atoms with van der Waals surface area (Å²) in [5, 5.41) is 0. The summed E-state index contributed by atoms with van der Waals surface area (Å²) in [6.45, 7) is 4.70. The van der Waals surface area contributed by atoms with Gasteiger partial charge in [0.25, 0.3) is 0 Å². The van der Waals surface area contributed by atoms with Crippen molar-refractivity contribution in [2.75, 3.05) is 39.4 Å². The van der Waals surface area contributed by atoms with Crippen molar-refractivity contribution in [1.29, 1.82) is 0 Å². The van der Waals surface area contributed by atoms with Gasteiger partial charge in [-0.1, -0.05) is 6.92 Å². The monoisotopic (exact) mass is 380 g/mol. The molecule has 2 aliphatic heterocycles. The molecule has 1 saturated carbocycles. The second kappa shape index (κ2) is 6.74. The summed E-state index contributed by atoms with van der Waals surface area (Å²) in [5.41, 5.74) is 0. The Morgan fingerprint density at radius 3 is 2.38 bits per heavy atom. The van der Waals surface area contributed by atoms with Crippen molar-refractivity contribution in [2.45, 2.75) is 24.7 Å². The molecular weight excluding hydrogens is 356 g/mol. The van der Waals surface area contributed by atoms with Crippen LogP contribution in [0, 0.1) is 11.8 Å². The molecule has 0 bridgehead atoms. The fourth-order valence-electron chi connectivity index (χ4n) is 3.50. The first kappa shape index (κ1) is 17.6. The summed E-state index contributed by atoms with van der Waals surface area (Å²) in [6, 6.07) is 4.76. The zero-order chi connectivity index (χ0) is 18.3. The molecule has 8 heteroatoms. The highest BCUT2D eigenvalue weighted by Crippen LogP contribution is 2.39. The zero-order valence-corrected chi connectivity index (χ0v) is 15.7. The first-order valence-corrected chi connectivity index (χ1v) is 10.6. The second-order valence-electron chi connectivity index (χ2n) is 7.21. The van der Waals surface area contributed by atoms with Crippen LogP contribution in [0.4, 0.5) is 0 Å². The van der Waals surface area contributed by atoms with Gasteiger partial charge >= 0.3 is 0 Å². The number of nitrogens with zero attached hydrogens (tertiary/aromatic N) is 2. The molecule has 0 radical (unpaired) electrons. The summed E-state index contributed by atoms with van der Waals surface area (Å²) in [6.07, 6.45) is 1.72. The van der Waals surface area contributed by atoms with E-state index in [1.165, 1.54) is 4.31 Å². The number of benzene rings is 1. The number of hydrogen-bond acceptors (Lipinski definition) is 5. The Morgan fingerprint density at radius 1 is 1.08 bits per heavy atom. The maximum Gasteiger partial charge on any atom is 0.243 e. The highest BCUT2D eigenvalue weighted by Gasteiger charge is 2.42. The van der Waals surface area contributed by atoms with Crippen molar-refractivity contribution in [3.05, 3.63) is 18.2 Å². The maximum atomic E-state index is 13.0. The summed E-state index contributed by atoms with van der Waals surface area (Å²) in [5.74, 6) is 1.83. The van der Waals surface area contributed by atoms with E-state index in [2.05, 4.69) is 6.92 Å². The predicted octanol–water partition coefficient (Wildman–Crippen LogP) is 1.34. The number of carbonyl (C=O) groups is 1. The topological polar surface area (TPSA) is 76.2 Å². The summed E-state index contributed by atoms with van der Waals surface area (Å²) in [7, 11) is -3.61. The Kier molecular flexibility index (Phi) is 4.56. The summed E-state index contributed by atoms with van der Waals surface area (Å²) < 4.78 is 38.5. The molecule has 1 saturated heterocycles. The molecule has 0 N–H and O–H groups in total. The Hall–Kier alpha value is -1.80. The zero-order valence-electron chi connectivity index (χ0n) is 14.9. The van der Waals surface area contributed by atoms with Gasteiger partial charge in [0.15, 0.2) is 11.5 Å². The Morgan fingerprint density at radius 2 is 1.73 bits per heavy atom. The largest absolute Gasteiger partial charge is 0.490 e. The van der Waals surface area contributed by atoms with Gasteiger partial charge in [-0.2, -0.15) is 4.31 Å². The average Bonchev–Trinajstić information content (AvgIpc) is 3.42. The van der Waals surface area contributed by atoms with Gasteiger partial charge in [0.2, 0.25) is 15.9 Å². The van der Waals surface area contributed by atoms with Crippen LogP contribution in [0.1, 0.15) is 19.8 Å². The van der Waals surface area contributed by atoms with E-state index in [4.69, 9.17) is 9.47 Å². The van der Waals surface area contributed by atoms with E-state index in [9.17, 15) is 13.2 Å². The van der Waals surface area contributed by atoms with Crippen LogP contribution in [0.3, 0.4) is 0 Å². The Bertz CT molecular complexity index is 802. The van der Waals surface area contributed by atoms with E-state index < -0.39 is 10.0 Å². The van der Waals surface area contributed by atoms with Crippen molar-refractivity contribution in [3.63, 3.8) is 0 Å². The fraction of sp³-hybridized carbons (Fsp3) is 0.611. The Labute approximate surface area is 153 Å². The van der Waals surface area contributed by atoms with Crippen LogP contribution in [-0.2, 0) is 14.8 Å². The minimum atomic E-state index is -3.61. The first-order chi connectivity index (χ1) is 12.5. The molecule has 1 aromatic carbocycles. The fourth-order valence-corrected chi connectivity index (χ4v) is 4.94. The molecule has 2 fully saturated rings. The molecular formula is C18H24N2O5S. The van der Waals surface area contributed by atoms with Crippen LogP contribution >= 0.6 is 0 Å². The minimum Gasteiger partial charge on any atom is -0.490 e. The van der Waals surface area contributed by atoms with Gasteiger partial charge < -0.3 is 14.4 Å². The number of sulfonamides is 1. The van der Waals surface area contributed by atoms with Crippen LogP contribution in [0.25, 0.3) is 0 Å². The van der Waals surface area contributed by atoms with Gasteiger partial charge in [0, 0.05) is 44.6 Å². The van der Waals surface area contributed by atoms with Crippen molar-refractivity contribution in [2.24, 2.45) is 11.8 Å². The molecule has 26 heavy (non-hydrogen) atoms. The molecule has 0 spiro atoms. The smallest absolute Gasteiger partial charge is 0.243 e. The SMILES string of the molecule is CC1CC1C(=O)N1CCN(S(=O)(=O)c2ccc3c(c2)OCCCO3)CC1. The third-order valence-corrected chi connectivity index (χ3v) is 7.23. The van der Waals surface area contributed by atoms with Crippen molar-refractivity contribution in [1.82, 2.24) is 9.21 Å². The molecule has 4 rings (SSSR count). The number of rotatable bonds is 3. The summed E-state index contributed by atoms with van der Waals surface area (Å²) >= 11 is 0. The van der Waals surface area contributed by atoms with Crippen LogP contribution in [-0.4, -0.2) is 62.9 Å². The average molecular weight is 380 g/mol. The van der Waals surface area contributed by atoms with Crippen LogP contribution in [0.2, 0.25) is 0 Å². The quantitative estimate of drug-likeness (QED) is 0.791. The molecule has 7 nitrogen and oxygen atoms in total. The predicted molar refractivity (Wildman–Crippen MR) is 94.7 cm³/mol. The molecule has 2 heterocycles. The van der Waals surface area contributed by atoms with Gasteiger partial charge in [-0.05, 0) is 24.5 Å². The van der Waals surface area contributed by atoms with Gasteiger partial charge in [0.05, 0.1) is 18.1 Å². The number of ether oxygens (including phenoxy) is 2. The first-order valence-electron chi connectivity index (χ1n) is 9.15. The van der Waals surface area contributed by atoms with Crippen molar-refractivity contribution in [3.8, 4) is 11.5 Å². The van der Waals surface area contributed by atoms with Gasteiger partial charge in [-0.15, -0.1) is 0 Å². The summed E-state index contributed by atoms with van der Waals surface area (Å²) in [4.78, 5) is 14.3. The standard InChI is InChI=1S/C18H24N2O5S/c1-13-11-15(13)18(21)19-5-7-20(8-6-19)26(22,23)14-3-4-16-17(12-14)25-10-2-9-24-16/h3-4,12-13,15H,2,5-11H2,1H3. The lowest BCUT2D eigenvalue weighted by atomic mass is 10.2. The normalized spacial score (nSPS) is 26.3. The molecule has 2 unspecified atom stereocenters. The van der Waals surface area contributed by atoms with Crippen molar-refractivity contribution < 1.29 is 22.7 Å². The Balaban J connectivity index is 1.46. The second-order valence-corrected chi connectivity index (χ2v) is 9.15. The molecule has 1 aromatic rings. The van der Waals surface area contributed by atoms with Gasteiger partial charge in [0.1, 0.15) is 0 Å². The molecule has 2 atom stereocenters. The van der Waals surface area contributed by atoms with Crippen LogP contribution in [0.15, 0.2) is 23.1 Å². The number of fused-ring (bicyclic) bond motifs is 1. The lowest BCUT2D eigenvalue weighted by Crippen LogP contribution is -2.51. The van der Waals surface area contributed by atoms with E-state index in [0.29, 0.717) is 56.8 Å². The number of carbonyl (C=O) groups excluding carboxylic acids is 1. The lowest BCUT2D eigenvalue weighted by molar-refractivity contribution is -0.134. The number of piperazine rings is 1. The molecule has 0 aromatic heterocycles. The van der Waals surface area contributed by atoms with E-state index >= 15 is 0 Å². The third-order valence-electron chi connectivity index (χ3n) is 5.33. The third kappa shape index (κ3) is 3.27. The van der Waals surface area contributed by atoms with Gasteiger partial charge in [-0.25, -0.2) is 8.42 Å². The highest BCUT2D eigenvalue weighted by atomic mass is 32.2. The van der Waals surface area contributed by atoms with E-state index in [1.54, 1.807) is 23.1 Å². The van der Waals surface area contributed by atoms with Crippen LogP contribution < -0.4 is 9.47 Å². The minimum absolute atomic E-state index is 0.139. The van der Waals surface area contributed by atoms with Crippen LogP contribution in [0.5, 0.6) is 11.5 Å². The van der Waals surface area contributed by atoms with Crippen molar-refractivity contribution >= 4 is 15.9 Å².